The van der Waals surface area contributed by atoms with E-state index in [0.717, 1.165) is 11.5 Å². The number of aryl methyl sites for hydroxylation is 1. The number of hydrogen-bond donors (Lipinski definition) is 1. The number of nitrogens with two attached hydrogens (primary N) is 1. The van der Waals surface area contributed by atoms with Gasteiger partial charge in [0.15, 0.2) is 0 Å². The van der Waals surface area contributed by atoms with Crippen LogP contribution in [0.3, 0.4) is 0 Å². The van der Waals surface area contributed by atoms with E-state index in [2.05, 4.69) is 26.5 Å². The standard InChI is InChI=1S/C10H22.C7H7FS.C2H5NO/c1-4-6-8-10(3)9-7-5-2;1-6-3-2-4-7(5-6)9-8;1-2(3)4/h10H,4-9H2,1-3H3;2-5H,1H3;1H3,(H2,3,4). The molecular formula is C19H34FNOS. The van der Waals surface area contributed by atoms with Crippen molar-refractivity contribution in [1.82, 2.24) is 0 Å². The van der Waals surface area contributed by atoms with Crippen LogP contribution < -0.4 is 5.73 Å². The third kappa shape index (κ3) is 21.0. The lowest BCUT2D eigenvalue weighted by Gasteiger charge is -2.08. The Morgan fingerprint density at radius 3 is 2.00 bits per heavy atom. The zero-order valence-corrected chi connectivity index (χ0v) is 16.2. The summed E-state index contributed by atoms with van der Waals surface area (Å²) >= 11 is 0.283. The second kappa shape index (κ2) is 17.3. The smallest absolute Gasteiger partial charge is 0.214 e. The maximum Gasteiger partial charge on any atom is 0.214 e. The van der Waals surface area contributed by atoms with Crippen LogP contribution >= 0.6 is 12.1 Å². The summed E-state index contributed by atoms with van der Waals surface area (Å²) in [4.78, 5) is 9.90. The van der Waals surface area contributed by atoms with Crippen LogP contribution in [0, 0.1) is 12.8 Å². The molecule has 0 unspecified atom stereocenters. The third-order valence-electron chi connectivity index (χ3n) is 3.18. The Balaban J connectivity index is 0. The number of amides is 1. The quantitative estimate of drug-likeness (QED) is 0.617. The van der Waals surface area contributed by atoms with Crippen LogP contribution in [0.4, 0.5) is 3.89 Å². The number of carbonyl (C=O) groups is 1. The Labute approximate surface area is 146 Å². The van der Waals surface area contributed by atoms with E-state index in [9.17, 15) is 8.68 Å². The molecule has 0 saturated carbocycles. The zero-order valence-electron chi connectivity index (χ0n) is 15.4. The second-order valence-electron chi connectivity index (χ2n) is 5.89. The normalized spacial score (nSPS) is 9.52. The fourth-order valence-electron chi connectivity index (χ4n) is 1.91. The van der Waals surface area contributed by atoms with Gasteiger partial charge in [0.1, 0.15) is 0 Å². The zero-order chi connectivity index (χ0) is 18.1. The molecule has 4 heteroatoms. The molecule has 0 atom stereocenters. The molecule has 0 saturated heterocycles. The fourth-order valence-corrected chi connectivity index (χ4v) is 2.27. The molecular weight excluding hydrogens is 309 g/mol. The summed E-state index contributed by atoms with van der Waals surface area (Å²) in [5.41, 5.74) is 5.57. The van der Waals surface area contributed by atoms with Crippen LogP contribution in [0.5, 0.6) is 0 Å². The molecule has 0 bridgehead atoms. The highest BCUT2D eigenvalue weighted by Crippen LogP contribution is 2.18. The number of halogens is 1. The first-order valence-corrected chi connectivity index (χ1v) is 9.20. The SMILES string of the molecule is CC(N)=O.CCCCC(C)CCCC.Cc1cccc(SF)c1. The molecule has 0 aliphatic rings. The van der Waals surface area contributed by atoms with Crippen molar-refractivity contribution < 1.29 is 8.68 Å². The molecule has 1 aromatic carbocycles. The van der Waals surface area contributed by atoms with Gasteiger partial charge in [-0.3, -0.25) is 4.79 Å². The number of hydrogen-bond acceptors (Lipinski definition) is 2. The fraction of sp³-hybridized carbons (Fsp3) is 0.632. The maximum atomic E-state index is 11.8. The molecule has 23 heavy (non-hydrogen) atoms. The van der Waals surface area contributed by atoms with Crippen molar-refractivity contribution in [2.75, 3.05) is 0 Å². The van der Waals surface area contributed by atoms with Crippen molar-refractivity contribution in [2.45, 2.75) is 78.0 Å². The van der Waals surface area contributed by atoms with Crippen LogP contribution in [0.1, 0.15) is 71.8 Å². The summed E-state index contributed by atoms with van der Waals surface area (Å²) < 4.78 is 11.8. The molecule has 1 rings (SSSR count). The van der Waals surface area contributed by atoms with Crippen molar-refractivity contribution in [3.05, 3.63) is 29.8 Å². The molecule has 0 fully saturated rings. The van der Waals surface area contributed by atoms with Crippen molar-refractivity contribution in [3.8, 4) is 0 Å². The third-order valence-corrected chi connectivity index (χ3v) is 3.61. The summed E-state index contributed by atoms with van der Waals surface area (Å²) in [5, 5.41) is 0. The van der Waals surface area contributed by atoms with Gasteiger partial charge in [0.25, 0.3) is 0 Å². The van der Waals surface area contributed by atoms with E-state index >= 15 is 0 Å². The molecule has 1 amide bonds. The van der Waals surface area contributed by atoms with Crippen LogP contribution in [-0.4, -0.2) is 5.91 Å². The first kappa shape index (κ1) is 24.2. The molecule has 134 valence electrons. The van der Waals surface area contributed by atoms with Crippen molar-refractivity contribution >= 4 is 18.1 Å². The topological polar surface area (TPSA) is 43.1 Å². The lowest BCUT2D eigenvalue weighted by molar-refractivity contribution is -0.115. The number of carbonyl (C=O) groups excluding carboxylic acids is 1. The van der Waals surface area contributed by atoms with Gasteiger partial charge in [-0.05, 0) is 30.5 Å². The monoisotopic (exact) mass is 343 g/mol. The van der Waals surface area contributed by atoms with E-state index in [1.807, 2.05) is 25.1 Å². The first-order valence-electron chi connectivity index (χ1n) is 8.48. The summed E-state index contributed by atoms with van der Waals surface area (Å²) in [5.74, 6) is 0.639. The van der Waals surface area contributed by atoms with Crippen LogP contribution in [-0.2, 0) is 4.79 Å². The van der Waals surface area contributed by atoms with E-state index in [4.69, 9.17) is 0 Å². The highest BCUT2D eigenvalue weighted by atomic mass is 32.2. The predicted octanol–water partition coefficient (Wildman–Crippen LogP) is 6.47. The van der Waals surface area contributed by atoms with Gasteiger partial charge in [-0.25, -0.2) is 0 Å². The van der Waals surface area contributed by atoms with E-state index < -0.39 is 0 Å². The molecule has 0 aliphatic carbocycles. The predicted molar refractivity (Wildman–Crippen MR) is 101 cm³/mol. The summed E-state index contributed by atoms with van der Waals surface area (Å²) in [6.07, 6.45) is 8.44. The number of benzene rings is 1. The number of unbranched alkanes of at least 4 members (excludes halogenated alkanes) is 2. The van der Waals surface area contributed by atoms with Crippen molar-refractivity contribution in [3.63, 3.8) is 0 Å². The molecule has 0 radical (unpaired) electrons. The average molecular weight is 344 g/mol. The van der Waals surface area contributed by atoms with E-state index in [1.165, 1.54) is 45.4 Å². The largest absolute Gasteiger partial charge is 0.370 e. The summed E-state index contributed by atoms with van der Waals surface area (Å²) in [7, 11) is 0. The minimum atomic E-state index is -0.333. The Kier molecular flexibility index (Phi) is 18.2. The second-order valence-corrected chi connectivity index (χ2v) is 6.52. The van der Waals surface area contributed by atoms with Gasteiger partial charge in [0.2, 0.25) is 5.91 Å². The number of rotatable bonds is 7. The van der Waals surface area contributed by atoms with Crippen LogP contribution in [0.2, 0.25) is 0 Å². The van der Waals surface area contributed by atoms with Gasteiger partial charge in [-0.2, -0.15) is 3.89 Å². The average Bonchev–Trinajstić information content (AvgIpc) is 2.51. The summed E-state index contributed by atoms with van der Waals surface area (Å²) in [6.45, 7) is 10.2. The van der Waals surface area contributed by atoms with Crippen molar-refractivity contribution in [2.24, 2.45) is 11.7 Å². The maximum absolute atomic E-state index is 11.8. The molecule has 2 N–H and O–H groups in total. The molecule has 2 nitrogen and oxygen atoms in total. The summed E-state index contributed by atoms with van der Waals surface area (Å²) in [6, 6.07) is 7.35. The highest BCUT2D eigenvalue weighted by Gasteiger charge is 1.98. The first-order chi connectivity index (χ1) is 10.9. The van der Waals surface area contributed by atoms with E-state index in [-0.39, 0.29) is 18.1 Å². The van der Waals surface area contributed by atoms with Gasteiger partial charge >= 0.3 is 0 Å². The Morgan fingerprint density at radius 1 is 1.22 bits per heavy atom. The van der Waals surface area contributed by atoms with E-state index in [0.29, 0.717) is 4.90 Å². The van der Waals surface area contributed by atoms with E-state index in [1.54, 1.807) is 6.07 Å². The molecule has 0 spiro atoms. The van der Waals surface area contributed by atoms with Gasteiger partial charge in [0, 0.05) is 11.8 Å². The van der Waals surface area contributed by atoms with Crippen molar-refractivity contribution in [1.29, 1.82) is 0 Å². The molecule has 0 heterocycles. The Morgan fingerprint density at radius 2 is 1.70 bits per heavy atom. The Bertz CT molecular complexity index is 387. The molecule has 1 aromatic rings. The molecule has 0 aliphatic heterocycles. The van der Waals surface area contributed by atoms with Gasteiger partial charge in [0.05, 0.1) is 12.1 Å². The Hall–Kier alpha value is -1.03. The van der Waals surface area contributed by atoms with Gasteiger partial charge in [-0.1, -0.05) is 71.4 Å². The van der Waals surface area contributed by atoms with Crippen LogP contribution in [0.25, 0.3) is 0 Å². The lowest BCUT2D eigenvalue weighted by Crippen LogP contribution is -2.01. The highest BCUT2D eigenvalue weighted by molar-refractivity contribution is 7.94. The minimum Gasteiger partial charge on any atom is -0.370 e. The van der Waals surface area contributed by atoms with Gasteiger partial charge < -0.3 is 5.73 Å². The number of primary amides is 1. The lowest BCUT2D eigenvalue weighted by atomic mass is 9.98. The van der Waals surface area contributed by atoms with Gasteiger partial charge in [-0.15, -0.1) is 0 Å². The molecule has 0 aromatic heterocycles. The van der Waals surface area contributed by atoms with Crippen LogP contribution in [0.15, 0.2) is 29.2 Å². The minimum absolute atomic E-state index is 0.283.